The van der Waals surface area contributed by atoms with E-state index in [4.69, 9.17) is 5.73 Å². The van der Waals surface area contributed by atoms with Gasteiger partial charge in [0, 0.05) is 17.9 Å². The molecule has 0 aliphatic heterocycles. The maximum absolute atomic E-state index is 13.4. The van der Waals surface area contributed by atoms with Crippen molar-refractivity contribution in [2.75, 3.05) is 0 Å². The Morgan fingerprint density at radius 3 is 2.81 bits per heavy atom. The van der Waals surface area contributed by atoms with Crippen LogP contribution in [0, 0.1) is 12.7 Å². The van der Waals surface area contributed by atoms with Crippen molar-refractivity contribution in [1.82, 2.24) is 9.38 Å². The standard InChI is InChI=1S/C11H14FN3O/c1-6(13)10(16)9-7(2)15-5-3-4-8(12)11(15)14-9/h3-6,10,16H,13H2,1-2H3. The summed E-state index contributed by atoms with van der Waals surface area (Å²) >= 11 is 0. The van der Waals surface area contributed by atoms with Gasteiger partial charge in [0.2, 0.25) is 0 Å². The van der Waals surface area contributed by atoms with Crippen LogP contribution in [0.3, 0.4) is 0 Å². The molecule has 0 saturated carbocycles. The molecular formula is C11H14FN3O. The van der Waals surface area contributed by atoms with Gasteiger partial charge in [0.05, 0.1) is 5.69 Å². The van der Waals surface area contributed by atoms with E-state index in [0.29, 0.717) is 11.4 Å². The molecule has 16 heavy (non-hydrogen) atoms. The number of imidazole rings is 1. The van der Waals surface area contributed by atoms with E-state index in [2.05, 4.69) is 4.98 Å². The maximum Gasteiger partial charge on any atom is 0.173 e. The lowest BCUT2D eigenvalue weighted by Gasteiger charge is -2.12. The highest BCUT2D eigenvalue weighted by Gasteiger charge is 2.20. The van der Waals surface area contributed by atoms with Crippen molar-refractivity contribution in [1.29, 1.82) is 0 Å². The predicted molar refractivity (Wildman–Crippen MR) is 58.5 cm³/mol. The molecule has 0 fully saturated rings. The van der Waals surface area contributed by atoms with Crippen LogP contribution < -0.4 is 5.73 Å². The highest BCUT2D eigenvalue weighted by atomic mass is 19.1. The predicted octanol–water partition coefficient (Wildman–Crippen LogP) is 1.16. The summed E-state index contributed by atoms with van der Waals surface area (Å²) in [4.78, 5) is 4.09. The van der Waals surface area contributed by atoms with Gasteiger partial charge in [0.25, 0.3) is 0 Å². The molecular weight excluding hydrogens is 209 g/mol. The number of aliphatic hydroxyl groups is 1. The third-order valence-electron chi connectivity index (χ3n) is 2.66. The molecule has 0 radical (unpaired) electrons. The molecule has 2 heterocycles. The van der Waals surface area contributed by atoms with Gasteiger partial charge in [-0.2, -0.15) is 0 Å². The molecule has 3 N–H and O–H groups in total. The summed E-state index contributed by atoms with van der Waals surface area (Å²) in [6.07, 6.45) is 0.831. The van der Waals surface area contributed by atoms with E-state index in [9.17, 15) is 9.50 Å². The summed E-state index contributed by atoms with van der Waals surface area (Å²) in [7, 11) is 0. The second-order valence-corrected chi connectivity index (χ2v) is 3.94. The third-order valence-corrected chi connectivity index (χ3v) is 2.66. The molecule has 0 aliphatic carbocycles. The van der Waals surface area contributed by atoms with Crippen LogP contribution in [0.2, 0.25) is 0 Å². The number of hydrogen-bond donors (Lipinski definition) is 2. The van der Waals surface area contributed by atoms with Crippen LogP contribution in [-0.2, 0) is 0 Å². The molecule has 0 amide bonds. The molecule has 2 aromatic rings. The van der Waals surface area contributed by atoms with Crippen molar-refractivity contribution in [2.45, 2.75) is 26.0 Å². The Morgan fingerprint density at radius 2 is 2.25 bits per heavy atom. The van der Waals surface area contributed by atoms with Crippen LogP contribution >= 0.6 is 0 Å². The lowest BCUT2D eigenvalue weighted by molar-refractivity contribution is 0.148. The van der Waals surface area contributed by atoms with E-state index < -0.39 is 18.0 Å². The van der Waals surface area contributed by atoms with Crippen LogP contribution in [0.4, 0.5) is 4.39 Å². The number of aryl methyl sites for hydroxylation is 1. The third kappa shape index (κ3) is 1.58. The van der Waals surface area contributed by atoms with E-state index >= 15 is 0 Å². The zero-order chi connectivity index (χ0) is 11.9. The SMILES string of the molecule is Cc1c(C(O)C(C)N)nc2c(F)cccn12. The van der Waals surface area contributed by atoms with Crippen LogP contribution in [-0.4, -0.2) is 20.5 Å². The van der Waals surface area contributed by atoms with Gasteiger partial charge < -0.3 is 15.2 Å². The Kier molecular flexibility index (Phi) is 2.65. The highest BCUT2D eigenvalue weighted by molar-refractivity contribution is 5.45. The first kappa shape index (κ1) is 11.0. The van der Waals surface area contributed by atoms with Crippen LogP contribution in [0.1, 0.15) is 24.4 Å². The van der Waals surface area contributed by atoms with E-state index in [1.54, 1.807) is 30.5 Å². The molecule has 0 aliphatic rings. The fraction of sp³-hybridized carbons (Fsp3) is 0.364. The molecule has 0 spiro atoms. The molecule has 86 valence electrons. The summed E-state index contributed by atoms with van der Waals surface area (Å²) in [5, 5.41) is 9.85. The Bertz CT molecular complexity index is 521. The van der Waals surface area contributed by atoms with Crippen molar-refractivity contribution in [3.05, 3.63) is 35.5 Å². The number of aromatic nitrogens is 2. The molecule has 0 aromatic carbocycles. The number of fused-ring (bicyclic) bond motifs is 1. The molecule has 5 heteroatoms. The fourth-order valence-corrected chi connectivity index (χ4v) is 1.70. The fourth-order valence-electron chi connectivity index (χ4n) is 1.70. The first-order chi connectivity index (χ1) is 7.52. The van der Waals surface area contributed by atoms with E-state index in [-0.39, 0.29) is 5.65 Å². The second-order valence-electron chi connectivity index (χ2n) is 3.94. The number of rotatable bonds is 2. The molecule has 0 saturated heterocycles. The summed E-state index contributed by atoms with van der Waals surface area (Å²) in [6, 6.07) is 2.50. The smallest absolute Gasteiger partial charge is 0.173 e. The Balaban J connectivity index is 2.65. The zero-order valence-electron chi connectivity index (χ0n) is 9.18. The first-order valence-electron chi connectivity index (χ1n) is 5.09. The Hall–Kier alpha value is -1.46. The summed E-state index contributed by atoms with van der Waals surface area (Å²) in [5.74, 6) is -0.409. The summed E-state index contributed by atoms with van der Waals surface area (Å²) in [6.45, 7) is 3.46. The van der Waals surface area contributed by atoms with Gasteiger partial charge in [0.15, 0.2) is 11.5 Å². The monoisotopic (exact) mass is 223 g/mol. The topological polar surface area (TPSA) is 63.5 Å². The molecule has 2 rings (SSSR count). The number of hydrogen-bond acceptors (Lipinski definition) is 3. The summed E-state index contributed by atoms with van der Waals surface area (Å²) < 4.78 is 15.1. The number of aliphatic hydroxyl groups excluding tert-OH is 1. The van der Waals surface area contributed by atoms with Crippen molar-refractivity contribution >= 4 is 5.65 Å². The van der Waals surface area contributed by atoms with Crippen LogP contribution in [0.25, 0.3) is 5.65 Å². The van der Waals surface area contributed by atoms with E-state index in [0.717, 1.165) is 0 Å². The Morgan fingerprint density at radius 1 is 1.56 bits per heavy atom. The van der Waals surface area contributed by atoms with Gasteiger partial charge in [-0.15, -0.1) is 0 Å². The number of nitrogens with zero attached hydrogens (tertiary/aromatic N) is 2. The summed E-state index contributed by atoms with van der Waals surface area (Å²) in [5.41, 5.74) is 6.96. The Labute approximate surface area is 92.5 Å². The lowest BCUT2D eigenvalue weighted by Crippen LogP contribution is -2.25. The number of nitrogens with two attached hydrogens (primary N) is 1. The van der Waals surface area contributed by atoms with Crippen LogP contribution in [0.15, 0.2) is 18.3 Å². The van der Waals surface area contributed by atoms with Crippen molar-refractivity contribution < 1.29 is 9.50 Å². The van der Waals surface area contributed by atoms with Crippen molar-refractivity contribution in [3.8, 4) is 0 Å². The quantitative estimate of drug-likeness (QED) is 0.803. The van der Waals surface area contributed by atoms with Gasteiger partial charge in [-0.05, 0) is 26.0 Å². The average Bonchev–Trinajstić information content (AvgIpc) is 2.57. The maximum atomic E-state index is 13.4. The number of halogens is 1. The number of pyridine rings is 1. The minimum atomic E-state index is -0.876. The van der Waals surface area contributed by atoms with Gasteiger partial charge in [-0.3, -0.25) is 0 Å². The van der Waals surface area contributed by atoms with Crippen molar-refractivity contribution in [2.24, 2.45) is 5.73 Å². The molecule has 2 aromatic heterocycles. The minimum absolute atomic E-state index is 0.217. The first-order valence-corrected chi connectivity index (χ1v) is 5.09. The normalized spacial score (nSPS) is 15.3. The van der Waals surface area contributed by atoms with Crippen molar-refractivity contribution in [3.63, 3.8) is 0 Å². The largest absolute Gasteiger partial charge is 0.385 e. The van der Waals surface area contributed by atoms with Gasteiger partial charge in [-0.25, -0.2) is 9.37 Å². The molecule has 4 nitrogen and oxygen atoms in total. The van der Waals surface area contributed by atoms with Gasteiger partial charge >= 0.3 is 0 Å². The van der Waals surface area contributed by atoms with E-state index in [1.807, 2.05) is 0 Å². The lowest BCUT2D eigenvalue weighted by atomic mass is 10.1. The van der Waals surface area contributed by atoms with Gasteiger partial charge in [0.1, 0.15) is 6.10 Å². The van der Waals surface area contributed by atoms with Crippen LogP contribution in [0.5, 0.6) is 0 Å². The molecule has 2 unspecified atom stereocenters. The molecule has 0 bridgehead atoms. The zero-order valence-corrected chi connectivity index (χ0v) is 9.18. The highest BCUT2D eigenvalue weighted by Crippen LogP contribution is 2.21. The minimum Gasteiger partial charge on any atom is -0.385 e. The second kappa shape index (κ2) is 3.84. The van der Waals surface area contributed by atoms with Gasteiger partial charge in [-0.1, -0.05) is 0 Å². The van der Waals surface area contributed by atoms with E-state index in [1.165, 1.54) is 6.07 Å². The molecule has 2 atom stereocenters. The average molecular weight is 223 g/mol.